The molecule has 4 heteroatoms. The monoisotopic (exact) mass is 720 g/mol. The van der Waals surface area contributed by atoms with E-state index in [2.05, 4.69) is 206 Å². The molecule has 2 aromatic heterocycles. The molecule has 0 aliphatic rings. The molecule has 11 aromatic rings. The minimum absolute atomic E-state index is 0.873. The molecule has 0 bridgehead atoms. The summed E-state index contributed by atoms with van der Waals surface area (Å²) >= 11 is 0. The summed E-state index contributed by atoms with van der Waals surface area (Å²) in [5.74, 6) is 0. The molecule has 11 rings (SSSR count). The molecular weight excluding hydrogens is 685 g/mol. The highest BCUT2D eigenvalue weighted by molar-refractivity contribution is 6.22. The van der Waals surface area contributed by atoms with Crippen molar-refractivity contribution in [1.82, 2.24) is 0 Å². The molecule has 2 heterocycles. The van der Waals surface area contributed by atoms with Crippen LogP contribution < -0.4 is 9.80 Å². The maximum Gasteiger partial charge on any atom is 0.139 e. The van der Waals surface area contributed by atoms with E-state index in [4.69, 9.17) is 8.83 Å². The summed E-state index contributed by atoms with van der Waals surface area (Å²) in [6, 6.07) is 64.4. The van der Waals surface area contributed by atoms with E-state index in [-0.39, 0.29) is 0 Å². The highest BCUT2D eigenvalue weighted by Gasteiger charge is 2.23. The summed E-state index contributed by atoms with van der Waals surface area (Å²) in [5, 5.41) is 8.99. The van der Waals surface area contributed by atoms with Crippen LogP contribution in [0.3, 0.4) is 0 Å². The normalized spacial score (nSPS) is 11.8. The van der Waals surface area contributed by atoms with Gasteiger partial charge in [-0.25, -0.2) is 0 Å². The van der Waals surface area contributed by atoms with Crippen LogP contribution in [0.5, 0.6) is 0 Å². The maximum absolute atomic E-state index is 6.82. The predicted octanol–water partition coefficient (Wildman–Crippen LogP) is 15.3. The molecule has 0 spiro atoms. The lowest BCUT2D eigenvalue weighted by molar-refractivity contribution is 0.660. The standard InChI is InChI=1S/C52H36N2O2/c1-33-49-45-29-35-23-25-43(53(39-15-7-3-8-16-39)40-17-9-4-10-18-40)27-37(35)31-47(45)56-52(49)34(2)50-46-30-36-24-26-44(28-38(36)32-48(46)55-51(33)50)54(41-19-11-5-12-20-41)42-21-13-6-14-22-42/h3-32H,1-2H3. The van der Waals surface area contributed by atoms with Gasteiger partial charge in [0, 0.05) is 66.8 Å². The van der Waals surface area contributed by atoms with Gasteiger partial charge < -0.3 is 18.6 Å². The van der Waals surface area contributed by atoms with Gasteiger partial charge >= 0.3 is 0 Å². The summed E-state index contributed by atoms with van der Waals surface area (Å²) in [7, 11) is 0. The molecule has 0 radical (unpaired) electrons. The van der Waals surface area contributed by atoms with E-state index in [1.807, 2.05) is 0 Å². The third-order valence-electron chi connectivity index (χ3n) is 11.3. The summed E-state index contributed by atoms with van der Waals surface area (Å²) in [5.41, 5.74) is 12.4. The van der Waals surface area contributed by atoms with Gasteiger partial charge in [-0.2, -0.15) is 0 Å². The Hall–Kier alpha value is -7.30. The summed E-state index contributed by atoms with van der Waals surface area (Å²) in [6.45, 7) is 4.34. The Bertz CT molecular complexity index is 2960. The van der Waals surface area contributed by atoms with Crippen molar-refractivity contribution >= 4 is 99.5 Å². The van der Waals surface area contributed by atoms with Gasteiger partial charge in [0.15, 0.2) is 0 Å². The summed E-state index contributed by atoms with van der Waals surface area (Å²) in [4.78, 5) is 4.59. The number of aryl methyl sites for hydroxylation is 2. The Kier molecular flexibility index (Phi) is 7.26. The lowest BCUT2D eigenvalue weighted by Crippen LogP contribution is -2.09. The van der Waals surface area contributed by atoms with Crippen LogP contribution in [-0.2, 0) is 0 Å². The molecule has 0 atom stereocenters. The number of nitrogens with zero attached hydrogens (tertiary/aromatic N) is 2. The molecule has 0 saturated heterocycles. The van der Waals surface area contributed by atoms with Crippen LogP contribution in [0.4, 0.5) is 34.1 Å². The van der Waals surface area contributed by atoms with Gasteiger partial charge in [0.25, 0.3) is 0 Å². The first-order valence-corrected chi connectivity index (χ1v) is 19.1. The smallest absolute Gasteiger partial charge is 0.139 e. The van der Waals surface area contributed by atoms with E-state index < -0.39 is 0 Å². The first-order valence-electron chi connectivity index (χ1n) is 19.1. The van der Waals surface area contributed by atoms with Crippen molar-refractivity contribution in [3.05, 3.63) is 193 Å². The maximum atomic E-state index is 6.82. The molecule has 4 nitrogen and oxygen atoms in total. The largest absolute Gasteiger partial charge is 0.456 e. The molecule has 0 amide bonds. The lowest BCUT2D eigenvalue weighted by atomic mass is 9.97. The van der Waals surface area contributed by atoms with E-state index in [1.165, 1.54) is 0 Å². The molecule has 266 valence electrons. The van der Waals surface area contributed by atoms with Gasteiger partial charge in [-0.1, -0.05) is 84.9 Å². The van der Waals surface area contributed by atoms with Crippen molar-refractivity contribution in [2.45, 2.75) is 13.8 Å². The van der Waals surface area contributed by atoms with Crippen LogP contribution in [0.25, 0.3) is 65.4 Å². The molecule has 0 saturated carbocycles. The average molecular weight is 721 g/mol. The number of furan rings is 2. The Morgan fingerprint density at radius 1 is 0.321 bits per heavy atom. The van der Waals surface area contributed by atoms with Gasteiger partial charge in [0.1, 0.15) is 22.3 Å². The number of anilines is 6. The second-order valence-electron chi connectivity index (χ2n) is 14.6. The minimum Gasteiger partial charge on any atom is -0.456 e. The second-order valence-corrected chi connectivity index (χ2v) is 14.6. The van der Waals surface area contributed by atoms with Gasteiger partial charge in [0.2, 0.25) is 0 Å². The van der Waals surface area contributed by atoms with E-state index >= 15 is 0 Å². The Morgan fingerprint density at radius 3 is 1.00 bits per heavy atom. The average Bonchev–Trinajstić information content (AvgIpc) is 3.82. The van der Waals surface area contributed by atoms with Gasteiger partial charge in [-0.05, 0) is 132 Å². The van der Waals surface area contributed by atoms with E-state index in [0.29, 0.717) is 0 Å². The fourth-order valence-electron chi connectivity index (χ4n) is 8.64. The van der Waals surface area contributed by atoms with Crippen LogP contribution in [0.15, 0.2) is 191 Å². The van der Waals surface area contributed by atoms with E-state index in [9.17, 15) is 0 Å². The molecule has 56 heavy (non-hydrogen) atoms. The fourth-order valence-corrected chi connectivity index (χ4v) is 8.64. The zero-order valence-corrected chi connectivity index (χ0v) is 31.0. The highest BCUT2D eigenvalue weighted by atomic mass is 16.3. The first kappa shape index (κ1) is 32.2. The lowest BCUT2D eigenvalue weighted by Gasteiger charge is -2.25. The fraction of sp³-hybridized carbons (Fsp3) is 0.0385. The van der Waals surface area contributed by atoms with E-state index in [0.717, 1.165) is 111 Å². The van der Waals surface area contributed by atoms with Gasteiger partial charge in [0.05, 0.1) is 0 Å². The van der Waals surface area contributed by atoms with Crippen LogP contribution in [0.2, 0.25) is 0 Å². The van der Waals surface area contributed by atoms with Crippen molar-refractivity contribution in [3.63, 3.8) is 0 Å². The Morgan fingerprint density at radius 2 is 0.661 bits per heavy atom. The zero-order chi connectivity index (χ0) is 37.3. The van der Waals surface area contributed by atoms with Crippen molar-refractivity contribution < 1.29 is 8.83 Å². The molecule has 0 aliphatic heterocycles. The third-order valence-corrected chi connectivity index (χ3v) is 11.3. The van der Waals surface area contributed by atoms with Crippen molar-refractivity contribution in [2.24, 2.45) is 0 Å². The molecule has 0 unspecified atom stereocenters. The summed E-state index contributed by atoms with van der Waals surface area (Å²) < 4.78 is 13.6. The molecule has 0 fully saturated rings. The highest BCUT2D eigenvalue weighted by Crippen LogP contribution is 2.45. The predicted molar refractivity (Wildman–Crippen MR) is 235 cm³/mol. The Labute approximate surface area is 324 Å². The van der Waals surface area contributed by atoms with E-state index in [1.54, 1.807) is 0 Å². The van der Waals surface area contributed by atoms with Crippen LogP contribution in [0.1, 0.15) is 11.1 Å². The number of fused-ring (bicyclic) bond motifs is 8. The molecule has 0 aliphatic carbocycles. The van der Waals surface area contributed by atoms with Crippen LogP contribution in [0, 0.1) is 13.8 Å². The molecule has 0 N–H and O–H groups in total. The molecular formula is C52H36N2O2. The van der Waals surface area contributed by atoms with Crippen LogP contribution in [-0.4, -0.2) is 0 Å². The van der Waals surface area contributed by atoms with Gasteiger partial charge in [-0.15, -0.1) is 0 Å². The number of benzene rings is 9. The van der Waals surface area contributed by atoms with Crippen LogP contribution >= 0.6 is 0 Å². The van der Waals surface area contributed by atoms with Gasteiger partial charge in [-0.3, -0.25) is 0 Å². The number of hydrogen-bond acceptors (Lipinski definition) is 4. The topological polar surface area (TPSA) is 32.8 Å². The SMILES string of the molecule is Cc1c2oc3cc4cc(N(c5ccccc5)c5ccccc5)ccc4cc3c2c(C)c2oc3cc4cc(N(c5ccccc5)c5ccccc5)ccc4cc3c12. The first-order chi connectivity index (χ1) is 27.6. The number of rotatable bonds is 6. The van der Waals surface area contributed by atoms with Crippen molar-refractivity contribution in [3.8, 4) is 0 Å². The van der Waals surface area contributed by atoms with Crippen molar-refractivity contribution in [1.29, 1.82) is 0 Å². The Balaban J connectivity index is 1.05. The minimum atomic E-state index is 0.873. The summed E-state index contributed by atoms with van der Waals surface area (Å²) in [6.07, 6.45) is 0. The number of para-hydroxylation sites is 4. The molecule has 9 aromatic carbocycles. The van der Waals surface area contributed by atoms with Crippen molar-refractivity contribution in [2.75, 3.05) is 9.80 Å². The zero-order valence-electron chi connectivity index (χ0n) is 31.0. The second kappa shape index (κ2) is 12.6. The quantitative estimate of drug-likeness (QED) is 0.171. The number of hydrogen-bond donors (Lipinski definition) is 0. The third kappa shape index (κ3) is 5.07.